The zero-order valence-corrected chi connectivity index (χ0v) is 16.7. The van der Waals surface area contributed by atoms with Crippen molar-refractivity contribution in [1.82, 2.24) is 0 Å². The van der Waals surface area contributed by atoms with Gasteiger partial charge in [0.05, 0.1) is 12.9 Å². The number of methoxy groups -OCH3 is 1. The summed E-state index contributed by atoms with van der Waals surface area (Å²) in [6.07, 6.45) is 8.70. The smallest absolute Gasteiger partial charge is 0.105 e. The van der Waals surface area contributed by atoms with Gasteiger partial charge in [-0.1, -0.05) is 48.1 Å². The normalized spacial score (nSPS) is 22.3. The van der Waals surface area contributed by atoms with Gasteiger partial charge >= 0.3 is 0 Å². The molecule has 0 aromatic rings. The van der Waals surface area contributed by atoms with Crippen LogP contribution in [0.1, 0.15) is 74.1 Å². The summed E-state index contributed by atoms with van der Waals surface area (Å²) >= 11 is 0. The molecule has 0 aromatic heterocycles. The molecule has 1 saturated carbocycles. The highest BCUT2D eigenvalue weighted by Crippen LogP contribution is 2.41. The lowest BCUT2D eigenvalue weighted by Gasteiger charge is -2.26. The number of hydrogen-bond donors (Lipinski definition) is 0. The van der Waals surface area contributed by atoms with Crippen molar-refractivity contribution in [1.29, 1.82) is 0 Å². The second-order valence-corrected chi connectivity index (χ2v) is 6.90. The van der Waals surface area contributed by atoms with Gasteiger partial charge in [-0.2, -0.15) is 0 Å². The Morgan fingerprint density at radius 2 is 1.74 bits per heavy atom. The van der Waals surface area contributed by atoms with Crippen LogP contribution >= 0.6 is 0 Å². The molecule has 1 aliphatic carbocycles. The zero-order chi connectivity index (χ0) is 18.0. The molecule has 134 valence electrons. The molecule has 1 rings (SSSR count). The summed E-state index contributed by atoms with van der Waals surface area (Å²) in [4.78, 5) is 0. The molecule has 0 spiro atoms. The van der Waals surface area contributed by atoms with Crippen LogP contribution in [0.25, 0.3) is 0 Å². The predicted molar refractivity (Wildman–Crippen MR) is 101 cm³/mol. The molecule has 0 saturated heterocycles. The van der Waals surface area contributed by atoms with Crippen LogP contribution in [0.3, 0.4) is 0 Å². The van der Waals surface area contributed by atoms with Gasteiger partial charge in [0.25, 0.3) is 0 Å². The molecular formula is C21H38O2. The molecule has 0 N–H and O–H groups in total. The van der Waals surface area contributed by atoms with Crippen molar-refractivity contribution in [2.45, 2.75) is 74.1 Å². The molecule has 2 unspecified atom stereocenters. The summed E-state index contributed by atoms with van der Waals surface area (Å²) in [6.45, 7) is 18.8. The van der Waals surface area contributed by atoms with E-state index in [4.69, 9.17) is 9.47 Å². The van der Waals surface area contributed by atoms with E-state index in [9.17, 15) is 0 Å². The highest BCUT2D eigenvalue weighted by atomic mass is 16.5. The number of ether oxygens (including phenoxy) is 2. The van der Waals surface area contributed by atoms with E-state index in [-0.39, 0.29) is 5.41 Å². The number of hydrogen-bond acceptors (Lipinski definition) is 2. The quantitative estimate of drug-likeness (QED) is 0.498. The van der Waals surface area contributed by atoms with Crippen molar-refractivity contribution in [2.75, 3.05) is 7.11 Å². The third-order valence-electron chi connectivity index (χ3n) is 4.19. The van der Waals surface area contributed by atoms with Crippen molar-refractivity contribution < 1.29 is 9.47 Å². The Labute approximate surface area is 144 Å². The largest absolute Gasteiger partial charge is 0.501 e. The molecule has 0 bridgehead atoms. The van der Waals surface area contributed by atoms with Gasteiger partial charge in [-0.15, -0.1) is 0 Å². The first kappa shape index (κ1) is 21.8. The SMILES string of the molecule is C=C(OC)C1CCC(/C(=C\CC)O/C(=C\C)C(C)(C)C)C1.CC. The van der Waals surface area contributed by atoms with E-state index in [1.807, 2.05) is 20.8 Å². The molecule has 0 aromatic carbocycles. The topological polar surface area (TPSA) is 18.5 Å². The van der Waals surface area contributed by atoms with E-state index in [0.717, 1.165) is 43.0 Å². The zero-order valence-electron chi connectivity index (χ0n) is 16.7. The van der Waals surface area contributed by atoms with Crippen LogP contribution < -0.4 is 0 Å². The van der Waals surface area contributed by atoms with Crippen molar-refractivity contribution >= 4 is 0 Å². The Kier molecular flexibility index (Phi) is 10.0. The van der Waals surface area contributed by atoms with Crippen molar-refractivity contribution in [2.24, 2.45) is 17.3 Å². The minimum atomic E-state index is 0.0374. The maximum absolute atomic E-state index is 6.30. The molecule has 0 radical (unpaired) electrons. The van der Waals surface area contributed by atoms with E-state index in [0.29, 0.717) is 11.8 Å². The van der Waals surface area contributed by atoms with E-state index in [2.05, 4.69) is 46.4 Å². The van der Waals surface area contributed by atoms with Gasteiger partial charge in [0.1, 0.15) is 11.5 Å². The first-order chi connectivity index (χ1) is 10.8. The van der Waals surface area contributed by atoms with Crippen LogP contribution in [0.2, 0.25) is 0 Å². The monoisotopic (exact) mass is 322 g/mol. The van der Waals surface area contributed by atoms with E-state index >= 15 is 0 Å². The maximum atomic E-state index is 6.30. The second-order valence-electron chi connectivity index (χ2n) is 6.90. The standard InChI is InChI=1S/C19H32O2.C2H6/c1-8-10-17(21-18(9-2)19(4,5)6)16-12-11-15(13-16)14(3)20-7;1-2/h9-10,15-16H,3,8,11-13H2,1-2,4-7H3;1-2H3/b17-10+,18-9-;. The molecule has 0 aliphatic heterocycles. The minimum absolute atomic E-state index is 0.0374. The van der Waals surface area contributed by atoms with Crippen molar-refractivity contribution in [3.8, 4) is 0 Å². The summed E-state index contributed by atoms with van der Waals surface area (Å²) in [5.74, 6) is 4.05. The van der Waals surface area contributed by atoms with Crippen molar-refractivity contribution in [3.63, 3.8) is 0 Å². The molecule has 23 heavy (non-hydrogen) atoms. The van der Waals surface area contributed by atoms with E-state index in [1.165, 1.54) is 0 Å². The van der Waals surface area contributed by atoms with Gasteiger partial charge in [-0.25, -0.2) is 0 Å². The van der Waals surface area contributed by atoms with E-state index < -0.39 is 0 Å². The molecule has 2 heteroatoms. The van der Waals surface area contributed by atoms with Gasteiger partial charge in [-0.05, 0) is 44.8 Å². The van der Waals surface area contributed by atoms with Crippen LogP contribution in [0.15, 0.2) is 36.0 Å². The average molecular weight is 323 g/mol. The molecule has 0 amide bonds. The lowest BCUT2D eigenvalue weighted by molar-refractivity contribution is 0.183. The van der Waals surface area contributed by atoms with Crippen LogP contribution in [0.4, 0.5) is 0 Å². The first-order valence-corrected chi connectivity index (χ1v) is 9.10. The molecule has 1 fully saturated rings. The second kappa shape index (κ2) is 10.6. The molecule has 2 atom stereocenters. The Hall–Kier alpha value is -1.18. The van der Waals surface area contributed by atoms with Crippen LogP contribution in [-0.2, 0) is 9.47 Å². The third kappa shape index (κ3) is 6.85. The van der Waals surface area contributed by atoms with Gasteiger partial charge in [0, 0.05) is 17.3 Å². The fourth-order valence-corrected chi connectivity index (χ4v) is 2.96. The summed E-state index contributed by atoms with van der Waals surface area (Å²) in [7, 11) is 1.71. The van der Waals surface area contributed by atoms with Gasteiger partial charge in [-0.3, -0.25) is 0 Å². The average Bonchev–Trinajstić information content (AvgIpc) is 3.01. The van der Waals surface area contributed by atoms with Crippen LogP contribution in [-0.4, -0.2) is 7.11 Å². The molecule has 2 nitrogen and oxygen atoms in total. The maximum Gasteiger partial charge on any atom is 0.105 e. The predicted octanol–water partition coefficient (Wildman–Crippen LogP) is 6.85. The Morgan fingerprint density at radius 3 is 2.17 bits per heavy atom. The van der Waals surface area contributed by atoms with Crippen LogP contribution in [0, 0.1) is 17.3 Å². The van der Waals surface area contributed by atoms with E-state index in [1.54, 1.807) is 7.11 Å². The van der Waals surface area contributed by atoms with Gasteiger partial charge < -0.3 is 9.47 Å². The Morgan fingerprint density at radius 1 is 1.17 bits per heavy atom. The number of rotatable bonds is 6. The molecular weight excluding hydrogens is 284 g/mol. The molecule has 1 aliphatic rings. The highest BCUT2D eigenvalue weighted by Gasteiger charge is 2.32. The van der Waals surface area contributed by atoms with Crippen molar-refractivity contribution in [3.05, 3.63) is 36.0 Å². The fourth-order valence-electron chi connectivity index (χ4n) is 2.96. The van der Waals surface area contributed by atoms with Crippen LogP contribution in [0.5, 0.6) is 0 Å². The first-order valence-electron chi connectivity index (χ1n) is 9.10. The van der Waals surface area contributed by atoms with Gasteiger partial charge in [0.2, 0.25) is 0 Å². The lowest BCUT2D eigenvalue weighted by atomic mass is 9.93. The Bertz CT molecular complexity index is 410. The van der Waals surface area contributed by atoms with Gasteiger partial charge in [0.15, 0.2) is 0 Å². The fraction of sp³-hybridized carbons (Fsp3) is 0.714. The Balaban J connectivity index is 0.00000232. The number of allylic oxidation sites excluding steroid dienone is 5. The highest BCUT2D eigenvalue weighted by molar-refractivity contribution is 5.12. The lowest BCUT2D eigenvalue weighted by Crippen LogP contribution is -2.15. The summed E-state index contributed by atoms with van der Waals surface area (Å²) < 4.78 is 11.6. The minimum Gasteiger partial charge on any atom is -0.501 e. The third-order valence-corrected chi connectivity index (χ3v) is 4.19. The summed E-state index contributed by atoms with van der Waals surface area (Å²) in [6, 6.07) is 0. The molecule has 0 heterocycles. The summed E-state index contributed by atoms with van der Waals surface area (Å²) in [5, 5.41) is 0. The summed E-state index contributed by atoms with van der Waals surface area (Å²) in [5.41, 5.74) is 0.0374.